The first kappa shape index (κ1) is 18.4. The summed E-state index contributed by atoms with van der Waals surface area (Å²) in [5.74, 6) is -0.407. The first-order chi connectivity index (χ1) is 10.3. The lowest BCUT2D eigenvalue weighted by Gasteiger charge is -2.22. The molecule has 0 amide bonds. The Morgan fingerprint density at radius 1 is 1.23 bits per heavy atom. The van der Waals surface area contributed by atoms with Crippen molar-refractivity contribution >= 4 is 19.3 Å². The molecular formula is C14H20NO6P. The number of hydroxylamine groups is 1. The SMILES string of the molecule is CC(=O)ONCCP(=O)(Oc1ccccc1)OC(C)C(C)=O. The maximum Gasteiger partial charge on any atom is 0.381 e. The predicted octanol–water partition coefficient (Wildman–Crippen LogP) is 2.32. The summed E-state index contributed by atoms with van der Waals surface area (Å²) in [5, 5.41) is 0. The standard InChI is InChI=1S/C14H20NO6P/c1-11(16)12(2)20-22(18,10-9-15-19-13(3)17)21-14-7-5-4-6-8-14/h4-8,12,15H,9-10H2,1-3H3. The van der Waals surface area contributed by atoms with Crippen LogP contribution in [0, 0.1) is 0 Å². The van der Waals surface area contributed by atoms with E-state index in [-0.39, 0.29) is 18.5 Å². The average molecular weight is 329 g/mol. The number of para-hydroxylation sites is 1. The van der Waals surface area contributed by atoms with Crippen molar-refractivity contribution in [3.8, 4) is 5.75 Å². The molecular weight excluding hydrogens is 309 g/mol. The Balaban J connectivity index is 2.73. The molecule has 22 heavy (non-hydrogen) atoms. The second kappa shape index (κ2) is 8.68. The highest BCUT2D eigenvalue weighted by Crippen LogP contribution is 2.49. The van der Waals surface area contributed by atoms with E-state index in [0.29, 0.717) is 5.75 Å². The van der Waals surface area contributed by atoms with Crippen LogP contribution in [0.3, 0.4) is 0 Å². The van der Waals surface area contributed by atoms with Crippen LogP contribution in [0.1, 0.15) is 20.8 Å². The van der Waals surface area contributed by atoms with Gasteiger partial charge in [0.2, 0.25) is 0 Å². The number of nitrogens with one attached hydrogen (secondary N) is 1. The van der Waals surface area contributed by atoms with Gasteiger partial charge >= 0.3 is 13.6 Å². The summed E-state index contributed by atoms with van der Waals surface area (Å²) in [4.78, 5) is 26.5. The Bertz CT molecular complexity index is 548. The van der Waals surface area contributed by atoms with Crippen molar-refractivity contribution in [2.45, 2.75) is 26.9 Å². The molecule has 1 aromatic carbocycles. The molecule has 0 bridgehead atoms. The summed E-state index contributed by atoms with van der Waals surface area (Å²) in [6, 6.07) is 8.51. The molecule has 8 heteroatoms. The minimum Gasteiger partial charge on any atom is -0.424 e. The van der Waals surface area contributed by atoms with Crippen LogP contribution in [0.5, 0.6) is 5.75 Å². The molecule has 0 aliphatic carbocycles. The first-order valence-electron chi connectivity index (χ1n) is 6.75. The summed E-state index contributed by atoms with van der Waals surface area (Å²) in [6.45, 7) is 4.15. The normalized spacial score (nSPS) is 14.7. The summed E-state index contributed by atoms with van der Waals surface area (Å²) in [6.07, 6.45) is -0.921. The van der Waals surface area contributed by atoms with E-state index in [2.05, 4.69) is 10.3 Å². The lowest BCUT2D eigenvalue weighted by molar-refractivity contribution is -0.148. The van der Waals surface area contributed by atoms with Gasteiger partial charge in [0.15, 0.2) is 5.78 Å². The van der Waals surface area contributed by atoms with Crippen molar-refractivity contribution < 1.29 is 28.0 Å². The van der Waals surface area contributed by atoms with Gasteiger partial charge in [0.1, 0.15) is 11.9 Å². The van der Waals surface area contributed by atoms with E-state index in [1.807, 2.05) is 0 Å². The third-order valence-electron chi connectivity index (χ3n) is 2.58. The Kier molecular flexibility index (Phi) is 7.24. The Morgan fingerprint density at radius 3 is 2.41 bits per heavy atom. The molecule has 0 radical (unpaired) electrons. The fourth-order valence-corrected chi connectivity index (χ4v) is 3.09. The van der Waals surface area contributed by atoms with Crippen LogP contribution in [0.15, 0.2) is 30.3 Å². The van der Waals surface area contributed by atoms with E-state index >= 15 is 0 Å². The number of carbonyl (C=O) groups is 2. The van der Waals surface area contributed by atoms with Gasteiger partial charge in [0.25, 0.3) is 0 Å². The quantitative estimate of drug-likeness (QED) is 0.422. The second-order valence-corrected chi connectivity index (χ2v) is 6.65. The molecule has 0 spiro atoms. The van der Waals surface area contributed by atoms with E-state index in [4.69, 9.17) is 9.05 Å². The number of carbonyl (C=O) groups excluding carboxylic acids is 2. The summed E-state index contributed by atoms with van der Waals surface area (Å²) < 4.78 is 23.5. The third kappa shape index (κ3) is 6.85. The van der Waals surface area contributed by atoms with Crippen LogP contribution >= 0.6 is 7.60 Å². The molecule has 7 nitrogen and oxygen atoms in total. The summed E-state index contributed by atoms with van der Waals surface area (Å²) in [7, 11) is -3.59. The maximum atomic E-state index is 12.8. The molecule has 122 valence electrons. The van der Waals surface area contributed by atoms with Gasteiger partial charge in [-0.25, -0.2) is 4.57 Å². The highest BCUT2D eigenvalue weighted by molar-refractivity contribution is 7.54. The van der Waals surface area contributed by atoms with Gasteiger partial charge in [0.05, 0.1) is 6.16 Å². The van der Waals surface area contributed by atoms with Crippen molar-refractivity contribution in [2.75, 3.05) is 12.7 Å². The molecule has 0 saturated carbocycles. The molecule has 0 aliphatic rings. The van der Waals surface area contributed by atoms with E-state index in [0.717, 1.165) is 0 Å². The molecule has 0 aromatic heterocycles. The van der Waals surface area contributed by atoms with E-state index in [9.17, 15) is 14.2 Å². The van der Waals surface area contributed by atoms with Gasteiger partial charge in [-0.15, -0.1) is 0 Å². The molecule has 2 unspecified atom stereocenters. The molecule has 0 heterocycles. The van der Waals surface area contributed by atoms with Crippen molar-refractivity contribution in [3.05, 3.63) is 30.3 Å². The molecule has 1 N–H and O–H groups in total. The Morgan fingerprint density at radius 2 is 1.86 bits per heavy atom. The van der Waals surface area contributed by atoms with Gasteiger partial charge in [-0.05, 0) is 26.0 Å². The highest BCUT2D eigenvalue weighted by atomic mass is 31.2. The fraction of sp³-hybridized carbons (Fsp3) is 0.429. The van der Waals surface area contributed by atoms with Crippen molar-refractivity contribution in [3.63, 3.8) is 0 Å². The van der Waals surface area contributed by atoms with Gasteiger partial charge in [-0.2, -0.15) is 5.48 Å². The Labute approximate surface area is 129 Å². The number of hydrogen-bond donors (Lipinski definition) is 1. The minimum absolute atomic E-state index is 0.0627. The van der Waals surface area contributed by atoms with Crippen LogP contribution in [0.2, 0.25) is 0 Å². The van der Waals surface area contributed by atoms with Crippen LogP contribution in [-0.4, -0.2) is 30.6 Å². The van der Waals surface area contributed by atoms with Crippen LogP contribution in [0.25, 0.3) is 0 Å². The topological polar surface area (TPSA) is 90.9 Å². The number of benzene rings is 1. The number of ketones is 1. The van der Waals surface area contributed by atoms with Crippen LogP contribution in [0.4, 0.5) is 0 Å². The monoisotopic (exact) mass is 329 g/mol. The third-order valence-corrected chi connectivity index (χ3v) is 4.48. The number of hydrogen-bond acceptors (Lipinski definition) is 7. The summed E-state index contributed by atoms with van der Waals surface area (Å²) in [5.41, 5.74) is 2.36. The van der Waals surface area contributed by atoms with Crippen molar-refractivity contribution in [1.29, 1.82) is 0 Å². The predicted molar refractivity (Wildman–Crippen MR) is 80.5 cm³/mol. The highest BCUT2D eigenvalue weighted by Gasteiger charge is 2.30. The summed E-state index contributed by atoms with van der Waals surface area (Å²) >= 11 is 0. The lowest BCUT2D eigenvalue weighted by Crippen LogP contribution is -2.25. The second-order valence-electron chi connectivity index (χ2n) is 4.59. The molecule has 0 aliphatic heterocycles. The van der Waals surface area contributed by atoms with Gasteiger partial charge < -0.3 is 9.36 Å². The zero-order valence-electron chi connectivity index (χ0n) is 12.8. The number of rotatable bonds is 9. The molecule has 2 atom stereocenters. The lowest BCUT2D eigenvalue weighted by atomic mass is 10.3. The average Bonchev–Trinajstić information content (AvgIpc) is 2.44. The first-order valence-corrected chi connectivity index (χ1v) is 8.48. The molecule has 1 aromatic rings. The van der Waals surface area contributed by atoms with Gasteiger partial charge in [-0.3, -0.25) is 14.1 Å². The van der Waals surface area contributed by atoms with Gasteiger partial charge in [-0.1, -0.05) is 18.2 Å². The minimum atomic E-state index is -3.59. The molecule has 1 rings (SSSR count). The number of Topliss-reactive ketones (excluding diaryl/α,β-unsaturated/α-hetero) is 1. The van der Waals surface area contributed by atoms with Crippen LogP contribution in [-0.2, 0) is 23.5 Å². The van der Waals surface area contributed by atoms with E-state index in [1.54, 1.807) is 30.3 Å². The zero-order valence-corrected chi connectivity index (χ0v) is 13.7. The van der Waals surface area contributed by atoms with E-state index < -0.39 is 19.7 Å². The van der Waals surface area contributed by atoms with Crippen molar-refractivity contribution in [1.82, 2.24) is 5.48 Å². The Hall–Kier alpha value is -1.69. The van der Waals surface area contributed by atoms with Crippen molar-refractivity contribution in [2.24, 2.45) is 0 Å². The molecule has 0 saturated heterocycles. The smallest absolute Gasteiger partial charge is 0.381 e. The largest absolute Gasteiger partial charge is 0.424 e. The van der Waals surface area contributed by atoms with Gasteiger partial charge in [0, 0.05) is 13.5 Å². The van der Waals surface area contributed by atoms with E-state index in [1.165, 1.54) is 20.8 Å². The maximum absolute atomic E-state index is 12.8. The van der Waals surface area contributed by atoms with Crippen LogP contribution < -0.4 is 10.0 Å². The fourth-order valence-electron chi connectivity index (χ4n) is 1.41. The zero-order chi connectivity index (χ0) is 16.6. The molecule has 0 fully saturated rings.